The predicted molar refractivity (Wildman–Crippen MR) is 193 cm³/mol. The Labute approximate surface area is 310 Å². The lowest BCUT2D eigenvalue weighted by molar-refractivity contribution is -0.107. The van der Waals surface area contributed by atoms with Crippen LogP contribution in [-0.4, -0.2) is 104 Å². The van der Waals surface area contributed by atoms with E-state index < -0.39 is 69.9 Å². The van der Waals surface area contributed by atoms with Gasteiger partial charge in [0.15, 0.2) is 12.3 Å². The Balaban J connectivity index is 2.31. The van der Waals surface area contributed by atoms with E-state index in [-0.39, 0.29) is 50.6 Å². The number of halogens is 1. The number of aryl methyl sites for hydroxylation is 1. The number of hydrogen-bond acceptors (Lipinski definition) is 14. The van der Waals surface area contributed by atoms with Gasteiger partial charge in [-0.1, -0.05) is 32.0 Å². The minimum Gasteiger partial charge on any atom is -0.452 e. The molecule has 1 aliphatic heterocycles. The summed E-state index contributed by atoms with van der Waals surface area (Å²) in [6, 6.07) is 9.81. The van der Waals surface area contributed by atoms with Crippen LogP contribution in [0.2, 0.25) is 0 Å². The zero-order chi connectivity index (χ0) is 39.0. The van der Waals surface area contributed by atoms with Gasteiger partial charge in [-0.05, 0) is 45.7 Å². The van der Waals surface area contributed by atoms with Crippen molar-refractivity contribution in [2.24, 2.45) is 0 Å². The molecule has 1 aromatic carbocycles. The molecule has 53 heavy (non-hydrogen) atoms. The van der Waals surface area contributed by atoms with Gasteiger partial charge in [0.2, 0.25) is 5.91 Å². The predicted octanol–water partition coefficient (Wildman–Crippen LogP) is 5.23. The molecule has 2 heterocycles. The van der Waals surface area contributed by atoms with E-state index in [1.54, 1.807) is 18.2 Å². The summed E-state index contributed by atoms with van der Waals surface area (Å²) in [5.74, 6) is -3.62. The second kappa shape index (κ2) is 22.5. The molecular formula is C34H51FN4O12P2. The van der Waals surface area contributed by atoms with Crippen molar-refractivity contribution in [3.05, 3.63) is 68.5 Å². The zero-order valence-electron chi connectivity index (χ0n) is 31.0. The van der Waals surface area contributed by atoms with Crippen molar-refractivity contribution in [2.45, 2.75) is 90.4 Å². The smallest absolute Gasteiger partial charge is 0.368 e. The van der Waals surface area contributed by atoms with Gasteiger partial charge < -0.3 is 37.0 Å². The van der Waals surface area contributed by atoms with E-state index in [9.17, 15) is 24.2 Å². The van der Waals surface area contributed by atoms with Crippen molar-refractivity contribution in [3.63, 3.8) is 0 Å². The highest BCUT2D eigenvalue weighted by atomic mass is 31.2. The maximum Gasteiger partial charge on any atom is 0.368 e. The number of nitriles is 1. The number of nitrogens with one attached hydrogen (secondary N) is 1. The minimum atomic E-state index is -4.68. The first kappa shape index (κ1) is 44.5. The summed E-state index contributed by atoms with van der Waals surface area (Å²) >= 11 is 0. The van der Waals surface area contributed by atoms with Crippen molar-refractivity contribution in [1.82, 2.24) is 14.2 Å². The normalized spacial score (nSPS) is 20.6. The Bertz CT molecular complexity index is 1610. The first-order valence-corrected chi connectivity index (χ1v) is 20.3. The Morgan fingerprint density at radius 2 is 1.74 bits per heavy atom. The average molecular weight is 789 g/mol. The summed E-state index contributed by atoms with van der Waals surface area (Å²) in [5, 5.41) is 9.29. The van der Waals surface area contributed by atoms with Crippen LogP contribution in [0.5, 0.6) is 0 Å². The Hall–Kier alpha value is -2.87. The van der Waals surface area contributed by atoms with Crippen LogP contribution in [-0.2, 0) is 41.6 Å². The molecule has 1 aliphatic rings. The van der Waals surface area contributed by atoms with Crippen molar-refractivity contribution in [2.75, 3.05) is 53.2 Å². The van der Waals surface area contributed by atoms with E-state index in [4.69, 9.17) is 37.0 Å². The molecule has 296 valence electrons. The van der Waals surface area contributed by atoms with Gasteiger partial charge in [0.1, 0.15) is 18.3 Å². The summed E-state index contributed by atoms with van der Waals surface area (Å²) < 4.78 is 81.7. The van der Waals surface area contributed by atoms with Crippen LogP contribution < -0.4 is 11.2 Å². The Kier molecular flexibility index (Phi) is 18.9. The van der Waals surface area contributed by atoms with Gasteiger partial charge in [-0.25, -0.2) is 18.6 Å². The van der Waals surface area contributed by atoms with Crippen LogP contribution in [0, 0.1) is 18.3 Å². The fraction of sp³-hybridized carbons (Fsp3) is 0.647. The number of esters is 1. The van der Waals surface area contributed by atoms with Gasteiger partial charge in [0, 0.05) is 32.0 Å². The summed E-state index contributed by atoms with van der Waals surface area (Å²) in [5.41, 5.74) is -1.31. The number of methoxy groups -OCH3 is 1. The third-order valence-electron chi connectivity index (χ3n) is 7.83. The van der Waals surface area contributed by atoms with Gasteiger partial charge in [0.25, 0.3) is 14.1 Å². The van der Waals surface area contributed by atoms with Crippen molar-refractivity contribution >= 4 is 22.1 Å². The van der Waals surface area contributed by atoms with Crippen LogP contribution in [0.4, 0.5) is 4.39 Å². The van der Waals surface area contributed by atoms with Gasteiger partial charge in [-0.2, -0.15) is 5.26 Å². The molecule has 1 saturated heterocycles. The highest BCUT2D eigenvalue weighted by Gasteiger charge is 2.58. The highest BCUT2D eigenvalue weighted by molar-refractivity contribution is 7.54. The number of nitrogens with zero attached hydrogens (tertiary/aromatic N) is 3. The van der Waals surface area contributed by atoms with E-state index in [0.29, 0.717) is 25.9 Å². The fourth-order valence-electron chi connectivity index (χ4n) is 5.50. The third-order valence-corrected chi connectivity index (χ3v) is 11.7. The van der Waals surface area contributed by atoms with Crippen molar-refractivity contribution in [3.8, 4) is 6.07 Å². The minimum absolute atomic E-state index is 0.0103. The van der Waals surface area contributed by atoms with Gasteiger partial charge in [-0.15, -0.1) is 0 Å². The number of benzene rings is 1. The summed E-state index contributed by atoms with van der Waals surface area (Å²) in [4.78, 5) is 41.6. The molecule has 0 amide bonds. The van der Waals surface area contributed by atoms with E-state index in [1.807, 2.05) is 24.6 Å². The number of rotatable bonds is 24. The number of aromatic nitrogens is 2. The second-order valence-electron chi connectivity index (χ2n) is 11.8. The van der Waals surface area contributed by atoms with Gasteiger partial charge >= 0.3 is 19.3 Å². The molecule has 0 bridgehead atoms. The van der Waals surface area contributed by atoms with Crippen LogP contribution in [0.25, 0.3) is 0 Å². The number of carbonyl (C=O) groups excluding carboxylic acids is 1. The average Bonchev–Trinajstić information content (AvgIpc) is 3.48. The SMILES string of the molecule is CCCN(CCC)P(OCCC#N)O[C@H]1[C@@H](OCCOC)[C@H](n2cc(C)c(=O)[nH]c2=O)O[C@@H]1C(OC(=O)c1ccccc1)C(F)P(=O)(OCC)OCC. The Morgan fingerprint density at radius 1 is 1.08 bits per heavy atom. The molecule has 0 radical (unpaired) electrons. The number of ether oxygens (including phenoxy) is 4. The second-order valence-corrected chi connectivity index (χ2v) is 15.4. The maximum absolute atomic E-state index is 17.2. The van der Waals surface area contributed by atoms with Gasteiger partial charge in [-0.3, -0.25) is 18.9 Å². The first-order chi connectivity index (χ1) is 25.5. The molecule has 16 nitrogen and oxygen atoms in total. The van der Waals surface area contributed by atoms with Crippen LogP contribution in [0.3, 0.4) is 0 Å². The monoisotopic (exact) mass is 788 g/mol. The molecule has 2 aromatic rings. The highest BCUT2D eigenvalue weighted by Crippen LogP contribution is 2.58. The first-order valence-electron chi connectivity index (χ1n) is 17.6. The lowest BCUT2D eigenvalue weighted by atomic mass is 10.1. The lowest BCUT2D eigenvalue weighted by Gasteiger charge is -2.36. The molecule has 3 rings (SSSR count). The molecule has 1 fully saturated rings. The largest absolute Gasteiger partial charge is 0.452 e. The van der Waals surface area contributed by atoms with E-state index >= 15 is 4.39 Å². The molecule has 19 heteroatoms. The summed E-state index contributed by atoms with van der Waals surface area (Å²) in [6.45, 7) is 9.07. The van der Waals surface area contributed by atoms with Crippen molar-refractivity contribution < 1.29 is 50.8 Å². The molecule has 0 spiro atoms. The number of hydrogen-bond donors (Lipinski definition) is 1. The number of aromatic amines is 1. The Morgan fingerprint density at radius 3 is 2.32 bits per heavy atom. The topological polar surface area (TPSA) is 190 Å². The molecule has 1 N–H and O–H groups in total. The fourth-order valence-corrected chi connectivity index (χ4v) is 8.95. The zero-order valence-corrected chi connectivity index (χ0v) is 32.8. The quantitative estimate of drug-likeness (QED) is 0.0827. The van der Waals surface area contributed by atoms with E-state index in [2.05, 4.69) is 4.98 Å². The van der Waals surface area contributed by atoms with E-state index in [0.717, 1.165) is 4.57 Å². The summed E-state index contributed by atoms with van der Waals surface area (Å²) in [7, 11) is -5.26. The molecule has 3 unspecified atom stereocenters. The number of alkyl halides is 1. The molecule has 7 atom stereocenters. The lowest BCUT2D eigenvalue weighted by Crippen LogP contribution is -2.48. The molecule has 0 aliphatic carbocycles. The van der Waals surface area contributed by atoms with E-state index in [1.165, 1.54) is 46.2 Å². The van der Waals surface area contributed by atoms with Crippen LogP contribution in [0.1, 0.15) is 69.1 Å². The summed E-state index contributed by atoms with van der Waals surface area (Å²) in [6.07, 6.45) is -5.09. The standard InChI is InChI=1S/C34H51FN4O12P2/c1-7-18-38(19-8-2)52(46-20-14-17-36)51-27-26(49-32(29(27)45-22-21-44-6)39-23-24(5)31(40)37-34(39)42)28(30(35)53(43,47-9-3)48-10-4)50-33(41)25-15-12-11-13-16-25/h11-13,15-16,23,26-30,32H,7-10,14,18-22H2,1-6H3,(H,37,40,42)/t26-,27+,28?,29+,30?,32+,52?/m0/s1. The van der Waals surface area contributed by atoms with Gasteiger partial charge in [0.05, 0.1) is 51.1 Å². The maximum atomic E-state index is 17.2. The number of H-pyrrole nitrogens is 1. The number of carbonyl (C=O) groups is 1. The van der Waals surface area contributed by atoms with Crippen LogP contribution >= 0.6 is 16.1 Å². The van der Waals surface area contributed by atoms with Crippen molar-refractivity contribution in [1.29, 1.82) is 5.26 Å². The van der Waals surface area contributed by atoms with Crippen LogP contribution in [0.15, 0.2) is 46.1 Å². The molecule has 0 saturated carbocycles. The third kappa shape index (κ3) is 12.1. The molecular weight excluding hydrogens is 737 g/mol. The molecule has 1 aromatic heterocycles.